The molecule has 1 atom stereocenters. The number of rotatable bonds is 7. The number of aromatic nitrogens is 1. The van der Waals surface area contributed by atoms with E-state index in [0.717, 1.165) is 12.8 Å². The third-order valence-electron chi connectivity index (χ3n) is 7.63. The summed E-state index contributed by atoms with van der Waals surface area (Å²) >= 11 is 0. The summed E-state index contributed by atoms with van der Waals surface area (Å²) in [6, 6.07) is 8.28. The van der Waals surface area contributed by atoms with Gasteiger partial charge in [-0.2, -0.15) is 0 Å². The summed E-state index contributed by atoms with van der Waals surface area (Å²) in [4.78, 5) is 30.8. The zero-order valence-corrected chi connectivity index (χ0v) is 25.2. The highest BCUT2D eigenvalue weighted by Gasteiger charge is 2.48. The van der Waals surface area contributed by atoms with Crippen LogP contribution >= 0.6 is 0 Å². The second kappa shape index (κ2) is 10.2. The number of carbonyl (C=O) groups is 2. The molecule has 2 amide bonds. The van der Waals surface area contributed by atoms with Gasteiger partial charge in [0.2, 0.25) is 0 Å². The van der Waals surface area contributed by atoms with Gasteiger partial charge in [-0.05, 0) is 76.0 Å². The number of alkyl carbamates (subject to hydrolysis) is 1. The van der Waals surface area contributed by atoms with Crippen molar-refractivity contribution in [3.05, 3.63) is 48.0 Å². The van der Waals surface area contributed by atoms with Crippen molar-refractivity contribution in [3.63, 3.8) is 0 Å². The zero-order valence-electron chi connectivity index (χ0n) is 24.2. The Kier molecular flexibility index (Phi) is 7.59. The van der Waals surface area contributed by atoms with Crippen molar-refractivity contribution in [2.75, 3.05) is 18.1 Å². The van der Waals surface area contributed by atoms with E-state index in [1.165, 1.54) is 11.0 Å². The number of cyclic esters (lactones) is 1. The third kappa shape index (κ3) is 6.61. The lowest BCUT2D eigenvalue weighted by Crippen LogP contribution is -2.43. The molecule has 1 aromatic heterocycles. The summed E-state index contributed by atoms with van der Waals surface area (Å²) in [6.45, 7) is 16.8. The van der Waals surface area contributed by atoms with E-state index in [4.69, 9.17) is 13.9 Å². The molecule has 0 radical (unpaired) electrons. The van der Waals surface area contributed by atoms with E-state index >= 15 is 4.39 Å². The predicted octanol–water partition coefficient (Wildman–Crippen LogP) is 6.75. The number of hydrogen-bond acceptors (Lipinski definition) is 6. The molecule has 0 bridgehead atoms. The summed E-state index contributed by atoms with van der Waals surface area (Å²) in [7, 11) is -1.98. The van der Waals surface area contributed by atoms with Crippen molar-refractivity contribution in [1.29, 1.82) is 0 Å². The van der Waals surface area contributed by atoms with Crippen LogP contribution in [0, 0.1) is 5.82 Å². The first kappa shape index (κ1) is 29.0. The van der Waals surface area contributed by atoms with Gasteiger partial charge in [0.1, 0.15) is 17.5 Å². The molecule has 39 heavy (non-hydrogen) atoms. The molecule has 10 heteroatoms. The fourth-order valence-electron chi connectivity index (χ4n) is 4.15. The maximum absolute atomic E-state index is 15.2. The molecule has 2 aliphatic rings. The first-order valence-corrected chi connectivity index (χ1v) is 16.3. The van der Waals surface area contributed by atoms with E-state index in [1.54, 1.807) is 30.5 Å². The Balaban J connectivity index is 1.41. The summed E-state index contributed by atoms with van der Waals surface area (Å²) in [5.41, 5.74) is 0.962. The van der Waals surface area contributed by atoms with Crippen molar-refractivity contribution >= 4 is 26.2 Å². The van der Waals surface area contributed by atoms with Crippen LogP contribution in [-0.4, -0.2) is 50.3 Å². The maximum Gasteiger partial charge on any atom is 0.414 e. The third-order valence-corrected chi connectivity index (χ3v) is 12.1. The molecule has 212 valence electrons. The van der Waals surface area contributed by atoms with E-state index in [1.807, 2.05) is 20.8 Å². The van der Waals surface area contributed by atoms with E-state index in [2.05, 4.69) is 44.2 Å². The summed E-state index contributed by atoms with van der Waals surface area (Å²) in [5.74, 6) is -0.469. The number of benzene rings is 1. The van der Waals surface area contributed by atoms with Crippen LogP contribution in [0.2, 0.25) is 18.1 Å². The van der Waals surface area contributed by atoms with Gasteiger partial charge in [0.15, 0.2) is 8.32 Å². The van der Waals surface area contributed by atoms with E-state index < -0.39 is 43.6 Å². The van der Waals surface area contributed by atoms with Crippen LogP contribution in [0.5, 0.6) is 0 Å². The number of ether oxygens (including phenoxy) is 2. The van der Waals surface area contributed by atoms with Crippen molar-refractivity contribution in [1.82, 2.24) is 10.3 Å². The lowest BCUT2D eigenvalue weighted by atomic mass is 10.0. The molecule has 1 aliphatic heterocycles. The van der Waals surface area contributed by atoms with Crippen LogP contribution in [0.1, 0.15) is 60.1 Å². The minimum atomic E-state index is -1.98. The molecule has 2 fully saturated rings. The summed E-state index contributed by atoms with van der Waals surface area (Å²) < 4.78 is 32.3. The molecule has 4 rings (SSSR count). The van der Waals surface area contributed by atoms with Gasteiger partial charge in [-0.1, -0.05) is 26.8 Å². The smallest absolute Gasteiger partial charge is 0.414 e. The number of amides is 2. The van der Waals surface area contributed by atoms with Crippen LogP contribution < -0.4 is 10.2 Å². The second-order valence-electron chi connectivity index (χ2n) is 13.0. The fourth-order valence-corrected chi connectivity index (χ4v) is 5.18. The van der Waals surface area contributed by atoms with Gasteiger partial charge in [0.05, 0.1) is 30.1 Å². The van der Waals surface area contributed by atoms with Crippen LogP contribution in [0.15, 0.2) is 36.5 Å². The number of pyridine rings is 1. The SMILES string of the molecule is CC(C)(C)OC(=O)NC1(c2ccc(-c3ccc(N4CC(CO[Si](C)(C)C(C)(C)C)OC4=O)cc3F)cn2)CC1. The summed E-state index contributed by atoms with van der Waals surface area (Å²) in [5, 5.41) is 2.98. The standard InChI is InChI=1S/C29H40FN3O5Si/c1-27(2,3)38-25(34)32-29(13-14-29)24-12-9-19(16-31-24)22-11-10-20(15-23(22)30)33-17-21(37-26(33)35)18-36-39(7,8)28(4,5)6/h9-12,15-16,21H,13-14,17-18H2,1-8H3,(H,32,34). The van der Waals surface area contributed by atoms with E-state index in [0.29, 0.717) is 35.7 Å². The van der Waals surface area contributed by atoms with Gasteiger partial charge < -0.3 is 19.2 Å². The fraction of sp³-hybridized carbons (Fsp3) is 0.552. The molecule has 1 aromatic carbocycles. The normalized spacial score (nSPS) is 19.1. The average Bonchev–Trinajstić information content (AvgIpc) is 3.49. The molecule has 1 aliphatic carbocycles. The lowest BCUT2D eigenvalue weighted by molar-refractivity contribution is 0.0493. The highest BCUT2D eigenvalue weighted by molar-refractivity contribution is 6.74. The molecular formula is C29H40FN3O5Si. The monoisotopic (exact) mass is 557 g/mol. The molecule has 1 N–H and O–H groups in total. The van der Waals surface area contributed by atoms with Crippen molar-refractivity contribution < 1.29 is 27.9 Å². The number of halogens is 1. The van der Waals surface area contributed by atoms with Gasteiger partial charge in [0, 0.05) is 17.3 Å². The molecule has 8 nitrogen and oxygen atoms in total. The molecular weight excluding hydrogens is 517 g/mol. The van der Waals surface area contributed by atoms with E-state index in [9.17, 15) is 9.59 Å². The molecule has 2 heterocycles. The number of hydrogen-bond donors (Lipinski definition) is 1. The number of anilines is 1. The quantitative estimate of drug-likeness (QED) is 0.379. The van der Waals surface area contributed by atoms with Crippen LogP contribution in [0.4, 0.5) is 19.7 Å². The van der Waals surface area contributed by atoms with Crippen LogP contribution in [-0.2, 0) is 19.4 Å². The van der Waals surface area contributed by atoms with Gasteiger partial charge in [-0.25, -0.2) is 14.0 Å². The molecule has 1 unspecified atom stereocenters. The maximum atomic E-state index is 15.2. The highest BCUT2D eigenvalue weighted by atomic mass is 28.4. The molecule has 0 spiro atoms. The second-order valence-corrected chi connectivity index (χ2v) is 17.8. The molecule has 1 saturated carbocycles. The Labute approximate surface area is 231 Å². The van der Waals surface area contributed by atoms with Crippen molar-refractivity contribution in [2.24, 2.45) is 0 Å². The van der Waals surface area contributed by atoms with Crippen LogP contribution in [0.3, 0.4) is 0 Å². The Morgan fingerprint density at radius 3 is 2.41 bits per heavy atom. The first-order valence-electron chi connectivity index (χ1n) is 13.4. The lowest BCUT2D eigenvalue weighted by Gasteiger charge is -2.36. The average molecular weight is 558 g/mol. The van der Waals surface area contributed by atoms with Crippen molar-refractivity contribution in [2.45, 2.75) is 89.8 Å². The number of nitrogens with one attached hydrogen (secondary N) is 1. The Bertz CT molecular complexity index is 1230. The minimum absolute atomic E-state index is 0.0508. The number of carbonyl (C=O) groups excluding carboxylic acids is 2. The van der Waals surface area contributed by atoms with Crippen LogP contribution in [0.25, 0.3) is 11.1 Å². The van der Waals surface area contributed by atoms with Gasteiger partial charge in [-0.15, -0.1) is 0 Å². The first-order chi connectivity index (χ1) is 18.0. The Morgan fingerprint density at radius 1 is 1.18 bits per heavy atom. The van der Waals surface area contributed by atoms with Gasteiger partial charge in [0.25, 0.3) is 0 Å². The predicted molar refractivity (Wildman–Crippen MR) is 151 cm³/mol. The topological polar surface area (TPSA) is 90.0 Å². The Morgan fingerprint density at radius 2 is 1.87 bits per heavy atom. The Hall–Kier alpha value is -2.98. The molecule has 1 saturated heterocycles. The highest BCUT2D eigenvalue weighted by Crippen LogP contribution is 2.45. The largest absolute Gasteiger partial charge is 0.444 e. The number of nitrogens with zero attached hydrogens (tertiary/aromatic N) is 2. The minimum Gasteiger partial charge on any atom is -0.444 e. The van der Waals surface area contributed by atoms with Gasteiger partial charge in [-0.3, -0.25) is 9.88 Å². The van der Waals surface area contributed by atoms with Crippen molar-refractivity contribution in [3.8, 4) is 11.1 Å². The summed E-state index contributed by atoms with van der Waals surface area (Å²) in [6.07, 6.45) is 1.72. The zero-order chi connectivity index (χ0) is 28.8. The van der Waals surface area contributed by atoms with E-state index in [-0.39, 0.29) is 5.04 Å². The van der Waals surface area contributed by atoms with Gasteiger partial charge >= 0.3 is 12.2 Å². The molecule has 2 aromatic rings.